The van der Waals surface area contributed by atoms with E-state index in [9.17, 15) is 14.3 Å². The first-order valence-corrected chi connectivity index (χ1v) is 6.33. The number of aliphatic hydroxyl groups excluding tert-OH is 1. The van der Waals surface area contributed by atoms with E-state index in [1.165, 1.54) is 12.1 Å². The minimum absolute atomic E-state index is 0.00992. The zero-order valence-corrected chi connectivity index (χ0v) is 10.9. The smallest absolute Gasteiger partial charge is 0.276 e. The molecule has 3 rings (SSSR count). The molecule has 1 unspecified atom stereocenters. The van der Waals surface area contributed by atoms with Gasteiger partial charge in [-0.05, 0) is 17.7 Å². The van der Waals surface area contributed by atoms with Gasteiger partial charge in [0.1, 0.15) is 16.9 Å². The van der Waals surface area contributed by atoms with Crippen LogP contribution < -0.4 is 11.3 Å². The maximum absolute atomic E-state index is 13.4. The molecule has 0 saturated heterocycles. The summed E-state index contributed by atoms with van der Waals surface area (Å²) in [6.07, 6.45) is 1.58. The van der Waals surface area contributed by atoms with Gasteiger partial charge in [-0.25, -0.2) is 9.37 Å². The Morgan fingerprint density at radius 3 is 2.95 bits per heavy atom. The number of hydrogen-bond acceptors (Lipinski definition) is 4. The quantitative estimate of drug-likeness (QED) is 0.578. The average Bonchev–Trinajstić information content (AvgIpc) is 2.84. The predicted octanol–water partition coefficient (Wildman–Crippen LogP) is 1.10. The van der Waals surface area contributed by atoms with Gasteiger partial charge in [-0.3, -0.25) is 9.78 Å². The van der Waals surface area contributed by atoms with E-state index in [2.05, 4.69) is 15.0 Å². The van der Waals surface area contributed by atoms with Gasteiger partial charge in [0.05, 0.1) is 6.61 Å². The fourth-order valence-corrected chi connectivity index (χ4v) is 2.42. The maximum Gasteiger partial charge on any atom is 0.276 e. The third-order valence-corrected chi connectivity index (χ3v) is 3.39. The van der Waals surface area contributed by atoms with Gasteiger partial charge in [-0.2, -0.15) is 0 Å². The lowest BCUT2D eigenvalue weighted by Gasteiger charge is -2.13. The van der Waals surface area contributed by atoms with Crippen molar-refractivity contribution in [2.24, 2.45) is 0 Å². The van der Waals surface area contributed by atoms with Crippen molar-refractivity contribution in [1.29, 1.82) is 0 Å². The fraction of sp³-hybridized carbons (Fsp3) is 0.143. The molecule has 0 bridgehead atoms. The molecule has 0 fully saturated rings. The molecule has 0 amide bonds. The Morgan fingerprint density at radius 2 is 2.24 bits per heavy atom. The molecule has 0 aliphatic carbocycles. The number of halogens is 1. The second kappa shape index (κ2) is 5.02. The SMILES string of the molecule is Nc1nc2c(C(CO)c3cccc(F)c3)c[nH]c2c(=O)[nH]1. The molecule has 5 N–H and O–H groups in total. The number of aromatic nitrogens is 3. The van der Waals surface area contributed by atoms with E-state index in [4.69, 9.17) is 5.73 Å². The van der Waals surface area contributed by atoms with Crippen LogP contribution in [0.1, 0.15) is 17.0 Å². The second-order valence-electron chi connectivity index (χ2n) is 4.71. The van der Waals surface area contributed by atoms with Crippen LogP contribution in [-0.4, -0.2) is 26.7 Å². The number of fused-ring (bicyclic) bond motifs is 1. The van der Waals surface area contributed by atoms with Gasteiger partial charge < -0.3 is 15.8 Å². The molecule has 7 heteroatoms. The molecular weight excluding hydrogens is 275 g/mol. The summed E-state index contributed by atoms with van der Waals surface area (Å²) in [5.41, 5.74) is 7.00. The number of aliphatic hydroxyl groups is 1. The third kappa shape index (κ3) is 2.27. The summed E-state index contributed by atoms with van der Waals surface area (Å²) < 4.78 is 13.4. The Kier molecular flexibility index (Phi) is 3.19. The monoisotopic (exact) mass is 288 g/mol. The average molecular weight is 288 g/mol. The van der Waals surface area contributed by atoms with E-state index in [1.807, 2.05) is 0 Å². The Labute approximate surface area is 118 Å². The van der Waals surface area contributed by atoms with Crippen molar-refractivity contribution >= 4 is 17.0 Å². The zero-order chi connectivity index (χ0) is 15.0. The summed E-state index contributed by atoms with van der Waals surface area (Å²) in [7, 11) is 0. The zero-order valence-electron chi connectivity index (χ0n) is 10.9. The van der Waals surface area contributed by atoms with Gasteiger partial charge in [-0.1, -0.05) is 12.1 Å². The van der Waals surface area contributed by atoms with Gasteiger partial charge in [0.25, 0.3) is 5.56 Å². The molecule has 2 heterocycles. The van der Waals surface area contributed by atoms with Crippen molar-refractivity contribution < 1.29 is 9.50 Å². The summed E-state index contributed by atoms with van der Waals surface area (Å²) >= 11 is 0. The lowest BCUT2D eigenvalue weighted by atomic mass is 9.93. The number of nitrogens with one attached hydrogen (secondary N) is 2. The van der Waals surface area contributed by atoms with Crippen LogP contribution in [0.3, 0.4) is 0 Å². The van der Waals surface area contributed by atoms with E-state index in [0.717, 1.165) is 0 Å². The summed E-state index contributed by atoms with van der Waals surface area (Å²) in [5.74, 6) is -0.899. The number of anilines is 1. The lowest BCUT2D eigenvalue weighted by Crippen LogP contribution is -2.12. The maximum atomic E-state index is 13.4. The van der Waals surface area contributed by atoms with Crippen LogP contribution in [0.25, 0.3) is 11.0 Å². The fourth-order valence-electron chi connectivity index (χ4n) is 2.42. The van der Waals surface area contributed by atoms with Crippen LogP contribution >= 0.6 is 0 Å². The van der Waals surface area contributed by atoms with Gasteiger partial charge in [-0.15, -0.1) is 0 Å². The number of hydrogen-bond donors (Lipinski definition) is 4. The summed E-state index contributed by atoms with van der Waals surface area (Å²) in [6.45, 7) is -0.245. The Hall–Kier alpha value is -2.67. The molecule has 3 aromatic rings. The first-order chi connectivity index (χ1) is 10.1. The molecule has 1 atom stereocenters. The van der Waals surface area contributed by atoms with Gasteiger partial charge in [0.15, 0.2) is 0 Å². The van der Waals surface area contributed by atoms with Crippen molar-refractivity contribution in [2.45, 2.75) is 5.92 Å². The minimum atomic E-state index is -0.497. The molecule has 0 aliphatic heterocycles. The van der Waals surface area contributed by atoms with Crippen molar-refractivity contribution in [3.05, 3.63) is 57.8 Å². The topological polar surface area (TPSA) is 108 Å². The molecule has 0 radical (unpaired) electrons. The van der Waals surface area contributed by atoms with E-state index in [1.54, 1.807) is 18.3 Å². The van der Waals surface area contributed by atoms with E-state index < -0.39 is 11.7 Å². The van der Waals surface area contributed by atoms with Crippen LogP contribution in [0, 0.1) is 5.82 Å². The molecule has 0 spiro atoms. The largest absolute Gasteiger partial charge is 0.395 e. The van der Waals surface area contributed by atoms with Crippen molar-refractivity contribution in [3.8, 4) is 0 Å². The summed E-state index contributed by atoms with van der Waals surface area (Å²) in [4.78, 5) is 21.1. The van der Waals surface area contributed by atoms with Crippen LogP contribution in [0.15, 0.2) is 35.3 Å². The molecule has 21 heavy (non-hydrogen) atoms. The number of rotatable bonds is 3. The van der Waals surface area contributed by atoms with Crippen molar-refractivity contribution in [3.63, 3.8) is 0 Å². The van der Waals surface area contributed by atoms with Gasteiger partial charge in [0, 0.05) is 17.7 Å². The van der Waals surface area contributed by atoms with E-state index in [0.29, 0.717) is 16.6 Å². The summed E-state index contributed by atoms with van der Waals surface area (Å²) in [6, 6.07) is 5.94. The highest BCUT2D eigenvalue weighted by atomic mass is 19.1. The summed E-state index contributed by atoms with van der Waals surface area (Å²) in [5, 5.41) is 9.66. The number of nitrogens with zero attached hydrogens (tertiary/aromatic N) is 1. The predicted molar refractivity (Wildman–Crippen MR) is 76.5 cm³/mol. The van der Waals surface area contributed by atoms with Gasteiger partial charge >= 0.3 is 0 Å². The Balaban J connectivity index is 2.20. The number of H-pyrrole nitrogens is 2. The molecule has 2 aromatic heterocycles. The highest BCUT2D eigenvalue weighted by molar-refractivity contribution is 5.80. The first-order valence-electron chi connectivity index (χ1n) is 6.33. The standard InChI is InChI=1S/C14H13FN4O2/c15-8-3-1-2-7(4-8)10(6-20)9-5-17-12-11(9)18-14(16)19-13(12)21/h1-5,10,17,20H,6H2,(H3,16,18,19,21). The van der Waals surface area contributed by atoms with E-state index in [-0.39, 0.29) is 23.6 Å². The van der Waals surface area contributed by atoms with Crippen LogP contribution in [0.4, 0.5) is 10.3 Å². The number of aromatic amines is 2. The number of nitrogens with two attached hydrogens (primary N) is 1. The van der Waals surface area contributed by atoms with Gasteiger partial charge in [0.2, 0.25) is 5.95 Å². The first kappa shape index (κ1) is 13.3. The molecule has 0 saturated carbocycles. The molecular formula is C14H13FN4O2. The lowest BCUT2D eigenvalue weighted by molar-refractivity contribution is 0.281. The van der Waals surface area contributed by atoms with Crippen LogP contribution in [0.5, 0.6) is 0 Å². The molecule has 108 valence electrons. The van der Waals surface area contributed by atoms with E-state index >= 15 is 0 Å². The highest BCUT2D eigenvalue weighted by Gasteiger charge is 2.20. The number of benzene rings is 1. The molecule has 6 nitrogen and oxygen atoms in total. The van der Waals surface area contributed by atoms with Crippen molar-refractivity contribution in [1.82, 2.24) is 15.0 Å². The molecule has 0 aliphatic rings. The van der Waals surface area contributed by atoms with Crippen LogP contribution in [-0.2, 0) is 0 Å². The highest BCUT2D eigenvalue weighted by Crippen LogP contribution is 2.29. The minimum Gasteiger partial charge on any atom is -0.395 e. The second-order valence-corrected chi connectivity index (χ2v) is 4.71. The number of nitrogen functional groups attached to an aromatic ring is 1. The third-order valence-electron chi connectivity index (χ3n) is 3.39. The molecule has 1 aromatic carbocycles. The Bertz CT molecular complexity index is 856. The van der Waals surface area contributed by atoms with Crippen LogP contribution in [0.2, 0.25) is 0 Å². The van der Waals surface area contributed by atoms with Crippen molar-refractivity contribution in [2.75, 3.05) is 12.3 Å². The Morgan fingerprint density at radius 1 is 1.43 bits per heavy atom. The normalized spacial score (nSPS) is 12.7.